The lowest BCUT2D eigenvalue weighted by molar-refractivity contribution is -0.137. The Kier molecular flexibility index (Phi) is 8.78. The Labute approximate surface area is 219 Å². The topological polar surface area (TPSA) is 46.8 Å². The average molecular weight is 546 g/mol. The summed E-state index contributed by atoms with van der Waals surface area (Å²) in [5.74, 6) is 2.17. The smallest absolute Gasteiger partial charge is 0.305 e. The normalized spacial score (nSPS) is 21.5. The molecule has 5 rings (SSSR count). The number of aromatic nitrogens is 4. The van der Waals surface area contributed by atoms with Crippen molar-refractivity contribution in [2.75, 3.05) is 25.4 Å². The standard InChI is InChI=1S/C24H26F3N5S.2ClH/c1-31-21(18-4-2-10-28-15-18)29-30-22(31)33-13-3-11-32-12-9-23(16-32)14-20(23)17-5-7-19(8-6-17)24(25,26)27;;/h2,4-8,10,15,20H,3,9,11-14,16H2,1H3;2*1H/t20-,23+;;/m0../s1. The van der Waals surface area contributed by atoms with Crippen molar-refractivity contribution in [1.82, 2.24) is 24.6 Å². The van der Waals surface area contributed by atoms with Crippen molar-refractivity contribution in [2.45, 2.75) is 36.5 Å². The first-order valence-electron chi connectivity index (χ1n) is 11.2. The third-order valence-electron chi connectivity index (χ3n) is 6.90. The summed E-state index contributed by atoms with van der Waals surface area (Å²) in [5.41, 5.74) is 1.69. The number of benzene rings is 1. The van der Waals surface area contributed by atoms with E-state index in [0.29, 0.717) is 5.92 Å². The molecule has 35 heavy (non-hydrogen) atoms. The van der Waals surface area contributed by atoms with Crippen molar-refractivity contribution in [2.24, 2.45) is 12.5 Å². The molecule has 3 heterocycles. The van der Waals surface area contributed by atoms with Crippen LogP contribution in [-0.2, 0) is 13.2 Å². The molecule has 0 unspecified atom stereocenters. The molecular formula is C24H28Cl2F3N5S. The number of alkyl halides is 3. The van der Waals surface area contributed by atoms with Crippen LogP contribution in [0.2, 0.25) is 0 Å². The molecule has 11 heteroatoms. The van der Waals surface area contributed by atoms with E-state index in [2.05, 4.69) is 20.1 Å². The predicted molar refractivity (Wildman–Crippen MR) is 136 cm³/mol. The number of halogens is 5. The van der Waals surface area contributed by atoms with Gasteiger partial charge in [0.25, 0.3) is 0 Å². The van der Waals surface area contributed by atoms with Gasteiger partial charge in [-0.15, -0.1) is 35.0 Å². The number of hydrogen-bond acceptors (Lipinski definition) is 5. The zero-order chi connectivity index (χ0) is 23.1. The molecule has 2 aliphatic rings. The summed E-state index contributed by atoms with van der Waals surface area (Å²) in [6, 6.07) is 9.64. The summed E-state index contributed by atoms with van der Waals surface area (Å²) in [6.07, 6.45) is 2.53. The number of hydrogen-bond donors (Lipinski definition) is 0. The molecule has 1 aliphatic carbocycles. The van der Waals surface area contributed by atoms with Crippen LogP contribution in [0.15, 0.2) is 53.9 Å². The van der Waals surface area contributed by atoms with Gasteiger partial charge in [-0.2, -0.15) is 13.2 Å². The zero-order valence-electron chi connectivity index (χ0n) is 19.2. The van der Waals surface area contributed by atoms with Crippen molar-refractivity contribution in [3.8, 4) is 11.4 Å². The van der Waals surface area contributed by atoms with E-state index >= 15 is 0 Å². The van der Waals surface area contributed by atoms with Gasteiger partial charge in [-0.05, 0) is 73.5 Å². The molecule has 2 fully saturated rings. The van der Waals surface area contributed by atoms with Gasteiger partial charge in [0.05, 0.1) is 5.56 Å². The first kappa shape index (κ1) is 27.8. The largest absolute Gasteiger partial charge is 0.416 e. The lowest BCUT2D eigenvalue weighted by Gasteiger charge is -2.16. The van der Waals surface area contributed by atoms with Crippen LogP contribution >= 0.6 is 36.6 Å². The SMILES string of the molecule is Cl.Cl.Cn1c(SCCCN2CC[C@@]3(C[C@H]3c3ccc(C(F)(F)F)cc3)C2)nnc1-c1cccnc1. The Morgan fingerprint density at radius 2 is 1.89 bits per heavy atom. The Morgan fingerprint density at radius 1 is 1.11 bits per heavy atom. The van der Waals surface area contributed by atoms with Crippen LogP contribution in [0.1, 0.15) is 36.3 Å². The first-order valence-corrected chi connectivity index (χ1v) is 12.2. The lowest BCUT2D eigenvalue weighted by Crippen LogP contribution is -2.23. The molecule has 0 N–H and O–H groups in total. The fourth-order valence-electron chi connectivity index (χ4n) is 4.99. The molecular weight excluding hydrogens is 518 g/mol. The maximum Gasteiger partial charge on any atom is 0.416 e. The van der Waals surface area contributed by atoms with Crippen LogP contribution in [0.25, 0.3) is 11.4 Å². The molecule has 5 nitrogen and oxygen atoms in total. The number of pyridine rings is 1. The predicted octanol–water partition coefficient (Wildman–Crippen LogP) is 6.10. The molecule has 1 saturated heterocycles. The highest BCUT2D eigenvalue weighted by Crippen LogP contribution is 2.64. The second-order valence-electron chi connectivity index (χ2n) is 9.07. The number of thioether (sulfide) groups is 1. The monoisotopic (exact) mass is 545 g/mol. The quantitative estimate of drug-likeness (QED) is 0.265. The molecule has 0 radical (unpaired) electrons. The molecule has 190 valence electrons. The maximum atomic E-state index is 12.8. The van der Waals surface area contributed by atoms with E-state index in [9.17, 15) is 13.2 Å². The van der Waals surface area contributed by atoms with Gasteiger partial charge >= 0.3 is 6.18 Å². The minimum atomic E-state index is -4.27. The Morgan fingerprint density at radius 3 is 2.57 bits per heavy atom. The van der Waals surface area contributed by atoms with Crippen molar-refractivity contribution in [1.29, 1.82) is 0 Å². The highest BCUT2D eigenvalue weighted by Gasteiger charge is 2.57. The molecule has 1 spiro atoms. The average Bonchev–Trinajstić information content (AvgIpc) is 3.15. The summed E-state index contributed by atoms with van der Waals surface area (Å²) in [7, 11) is 1.98. The summed E-state index contributed by atoms with van der Waals surface area (Å²) < 4.78 is 40.5. The molecule has 2 aromatic heterocycles. The minimum absolute atomic E-state index is 0. The van der Waals surface area contributed by atoms with Crippen LogP contribution in [0, 0.1) is 5.41 Å². The summed E-state index contributed by atoms with van der Waals surface area (Å²) >= 11 is 1.71. The fraction of sp³-hybridized carbons (Fsp3) is 0.458. The summed E-state index contributed by atoms with van der Waals surface area (Å²) in [6.45, 7) is 3.14. The van der Waals surface area contributed by atoms with Crippen molar-refractivity contribution >= 4 is 36.6 Å². The van der Waals surface area contributed by atoms with E-state index in [1.165, 1.54) is 12.1 Å². The van der Waals surface area contributed by atoms with Gasteiger partial charge in [-0.1, -0.05) is 23.9 Å². The van der Waals surface area contributed by atoms with E-state index in [1.807, 2.05) is 23.7 Å². The Bertz CT molecular complexity index is 1110. The second kappa shape index (κ2) is 11.1. The molecule has 1 aromatic carbocycles. The van der Waals surface area contributed by atoms with Crippen molar-refractivity contribution in [3.05, 3.63) is 59.9 Å². The zero-order valence-corrected chi connectivity index (χ0v) is 21.7. The van der Waals surface area contributed by atoms with Crippen molar-refractivity contribution in [3.63, 3.8) is 0 Å². The molecule has 1 saturated carbocycles. The van der Waals surface area contributed by atoms with Crippen LogP contribution < -0.4 is 0 Å². The third kappa shape index (κ3) is 5.96. The first-order chi connectivity index (χ1) is 15.9. The maximum absolute atomic E-state index is 12.8. The third-order valence-corrected chi connectivity index (χ3v) is 8.01. The minimum Gasteiger partial charge on any atom is -0.305 e. The molecule has 3 aromatic rings. The van der Waals surface area contributed by atoms with Gasteiger partial charge in [-0.25, -0.2) is 0 Å². The van der Waals surface area contributed by atoms with Gasteiger partial charge in [0.1, 0.15) is 0 Å². The van der Waals surface area contributed by atoms with E-state index in [4.69, 9.17) is 0 Å². The van der Waals surface area contributed by atoms with Gasteiger partial charge in [0, 0.05) is 37.3 Å². The van der Waals surface area contributed by atoms with Crippen LogP contribution in [-0.4, -0.2) is 50.0 Å². The van der Waals surface area contributed by atoms with E-state index in [0.717, 1.165) is 66.8 Å². The Hall–Kier alpha value is -1.81. The van der Waals surface area contributed by atoms with E-state index in [-0.39, 0.29) is 30.2 Å². The van der Waals surface area contributed by atoms with Crippen LogP contribution in [0.5, 0.6) is 0 Å². The van der Waals surface area contributed by atoms with Gasteiger partial charge < -0.3 is 9.47 Å². The van der Waals surface area contributed by atoms with Gasteiger partial charge in [0.2, 0.25) is 0 Å². The van der Waals surface area contributed by atoms with E-state index in [1.54, 1.807) is 36.3 Å². The lowest BCUT2D eigenvalue weighted by atomic mass is 9.97. The highest BCUT2D eigenvalue weighted by molar-refractivity contribution is 7.99. The fourth-order valence-corrected chi connectivity index (χ4v) is 5.82. The van der Waals surface area contributed by atoms with Crippen LogP contribution in [0.4, 0.5) is 13.2 Å². The second-order valence-corrected chi connectivity index (χ2v) is 10.1. The summed E-state index contributed by atoms with van der Waals surface area (Å²) in [4.78, 5) is 6.65. The van der Waals surface area contributed by atoms with Crippen molar-refractivity contribution < 1.29 is 13.2 Å². The van der Waals surface area contributed by atoms with Gasteiger partial charge in [-0.3, -0.25) is 4.98 Å². The number of likely N-dealkylation sites (tertiary alicyclic amines) is 1. The summed E-state index contributed by atoms with van der Waals surface area (Å²) in [5, 5.41) is 9.53. The van der Waals surface area contributed by atoms with E-state index < -0.39 is 11.7 Å². The number of rotatable bonds is 7. The van der Waals surface area contributed by atoms with Gasteiger partial charge in [0.15, 0.2) is 11.0 Å². The molecule has 0 bridgehead atoms. The Balaban J connectivity index is 0.00000171. The molecule has 0 amide bonds. The number of nitrogens with zero attached hydrogens (tertiary/aromatic N) is 5. The van der Waals surface area contributed by atoms with Crippen LogP contribution in [0.3, 0.4) is 0 Å². The highest BCUT2D eigenvalue weighted by atomic mass is 35.5. The molecule has 2 atom stereocenters. The molecule has 1 aliphatic heterocycles.